The Morgan fingerprint density at radius 3 is 2.61 bits per heavy atom. The lowest BCUT2D eigenvalue weighted by Crippen LogP contribution is -2.34. The minimum atomic E-state index is -0.607. The van der Waals surface area contributed by atoms with Crippen LogP contribution in [0.1, 0.15) is 44.3 Å². The van der Waals surface area contributed by atoms with Crippen LogP contribution in [0.3, 0.4) is 0 Å². The zero-order valence-corrected chi connectivity index (χ0v) is 17.8. The fourth-order valence-corrected chi connectivity index (χ4v) is 4.87. The van der Waals surface area contributed by atoms with E-state index in [-0.39, 0.29) is 18.5 Å². The normalized spacial score (nSPS) is 11.5. The van der Waals surface area contributed by atoms with Crippen molar-refractivity contribution in [2.75, 3.05) is 5.32 Å². The number of amides is 1. The van der Waals surface area contributed by atoms with Crippen LogP contribution in [0.25, 0.3) is 10.2 Å². The summed E-state index contributed by atoms with van der Waals surface area (Å²) >= 11 is 2.94. The Balaban J connectivity index is 1.70. The van der Waals surface area contributed by atoms with E-state index in [1.165, 1.54) is 18.3 Å². The van der Waals surface area contributed by atoms with Crippen molar-refractivity contribution >= 4 is 49.9 Å². The van der Waals surface area contributed by atoms with Gasteiger partial charge in [0.15, 0.2) is 5.13 Å². The van der Waals surface area contributed by atoms with Crippen LogP contribution >= 0.6 is 22.7 Å². The molecule has 2 heterocycles. The Kier molecular flexibility index (Phi) is 6.41. The summed E-state index contributed by atoms with van der Waals surface area (Å²) in [4.78, 5) is 33.0. The van der Waals surface area contributed by atoms with Gasteiger partial charge in [-0.3, -0.25) is 9.59 Å². The predicted molar refractivity (Wildman–Crippen MR) is 113 cm³/mol. The highest BCUT2D eigenvalue weighted by Crippen LogP contribution is 2.35. The van der Waals surface area contributed by atoms with Crippen molar-refractivity contribution in [3.05, 3.63) is 40.3 Å². The molecule has 0 aliphatic heterocycles. The molecule has 0 bridgehead atoms. The fraction of sp³-hybridized carbons (Fsp3) is 0.400. The smallest absolute Gasteiger partial charge is 0.312 e. The van der Waals surface area contributed by atoms with Gasteiger partial charge in [-0.15, -0.1) is 22.7 Å². The molecule has 0 radical (unpaired) electrons. The highest BCUT2D eigenvalue weighted by Gasteiger charge is 2.38. The summed E-state index contributed by atoms with van der Waals surface area (Å²) in [6.07, 6.45) is 1.91. The van der Waals surface area contributed by atoms with Crippen LogP contribution in [0.2, 0.25) is 0 Å². The molecule has 28 heavy (non-hydrogen) atoms. The number of carbonyl (C=O) groups is 2. The Hall–Kier alpha value is -2.32. The SMILES string of the molecule is CCC(CC)(Cc1nc2ccccc2s1)C(=O)OCc1csc(NC(C)=O)n1. The molecule has 0 spiro atoms. The molecule has 2 aromatic heterocycles. The molecule has 0 saturated carbocycles. The van der Waals surface area contributed by atoms with Crippen LogP contribution < -0.4 is 5.32 Å². The second-order valence-electron chi connectivity index (χ2n) is 6.64. The maximum Gasteiger partial charge on any atom is 0.312 e. The molecule has 0 aliphatic rings. The number of benzene rings is 1. The van der Waals surface area contributed by atoms with Crippen molar-refractivity contribution in [3.63, 3.8) is 0 Å². The van der Waals surface area contributed by atoms with E-state index in [1.807, 2.05) is 38.1 Å². The number of nitrogens with zero attached hydrogens (tertiary/aromatic N) is 2. The van der Waals surface area contributed by atoms with Gasteiger partial charge in [0, 0.05) is 18.7 Å². The summed E-state index contributed by atoms with van der Waals surface area (Å²) in [7, 11) is 0. The topological polar surface area (TPSA) is 81.2 Å². The third kappa shape index (κ3) is 4.56. The van der Waals surface area contributed by atoms with E-state index < -0.39 is 5.41 Å². The van der Waals surface area contributed by atoms with E-state index in [0.717, 1.165) is 15.2 Å². The quantitative estimate of drug-likeness (QED) is 0.532. The van der Waals surface area contributed by atoms with E-state index in [4.69, 9.17) is 4.74 Å². The number of esters is 1. The van der Waals surface area contributed by atoms with Gasteiger partial charge < -0.3 is 10.1 Å². The molecular weight excluding hydrogens is 394 g/mol. The van der Waals surface area contributed by atoms with Crippen molar-refractivity contribution in [1.82, 2.24) is 9.97 Å². The highest BCUT2D eigenvalue weighted by atomic mass is 32.1. The summed E-state index contributed by atoms with van der Waals surface area (Å²) in [6, 6.07) is 8.00. The third-order valence-electron chi connectivity index (χ3n) is 4.80. The molecule has 0 atom stereocenters. The number of anilines is 1. The number of para-hydroxylation sites is 1. The number of fused-ring (bicyclic) bond motifs is 1. The molecule has 0 aliphatic carbocycles. The first-order valence-corrected chi connectivity index (χ1v) is 10.9. The van der Waals surface area contributed by atoms with Gasteiger partial charge >= 0.3 is 5.97 Å². The molecule has 3 aromatic rings. The average Bonchev–Trinajstić information content (AvgIpc) is 3.29. The predicted octanol–water partition coefficient (Wildman–Crippen LogP) is 4.80. The maximum absolute atomic E-state index is 13.0. The standard InChI is InChI=1S/C20H23N3O3S2/c1-4-20(5-2,10-17-23-15-8-6-7-9-16(15)28-17)18(25)26-11-14-12-27-19(22-14)21-13(3)24/h6-9,12H,4-5,10-11H2,1-3H3,(H,21,22,24). The zero-order valence-electron chi connectivity index (χ0n) is 16.2. The lowest BCUT2D eigenvalue weighted by Gasteiger charge is -2.28. The largest absolute Gasteiger partial charge is 0.459 e. The average molecular weight is 418 g/mol. The van der Waals surface area contributed by atoms with Gasteiger partial charge in [0.25, 0.3) is 0 Å². The molecule has 8 heteroatoms. The van der Waals surface area contributed by atoms with Crippen molar-refractivity contribution < 1.29 is 14.3 Å². The molecule has 0 unspecified atom stereocenters. The molecule has 1 N–H and O–H groups in total. The molecule has 148 valence electrons. The van der Waals surface area contributed by atoms with E-state index in [1.54, 1.807) is 16.7 Å². The molecule has 1 amide bonds. The van der Waals surface area contributed by atoms with Crippen LogP contribution in [0, 0.1) is 5.41 Å². The summed E-state index contributed by atoms with van der Waals surface area (Å²) in [5.41, 5.74) is 0.984. The minimum absolute atomic E-state index is 0.0938. The molecule has 6 nitrogen and oxygen atoms in total. The van der Waals surface area contributed by atoms with Crippen LogP contribution in [0.4, 0.5) is 5.13 Å². The van der Waals surface area contributed by atoms with Crippen molar-refractivity contribution in [2.45, 2.75) is 46.6 Å². The number of aromatic nitrogens is 2. The Labute approximate surface area is 172 Å². The summed E-state index contributed by atoms with van der Waals surface area (Å²) in [6.45, 7) is 5.54. The van der Waals surface area contributed by atoms with E-state index in [9.17, 15) is 9.59 Å². The van der Waals surface area contributed by atoms with E-state index in [2.05, 4.69) is 15.3 Å². The third-order valence-corrected chi connectivity index (χ3v) is 6.64. The van der Waals surface area contributed by atoms with E-state index >= 15 is 0 Å². The zero-order chi connectivity index (χ0) is 20.1. The van der Waals surface area contributed by atoms with Crippen LogP contribution in [0.15, 0.2) is 29.6 Å². The maximum atomic E-state index is 13.0. The Morgan fingerprint density at radius 2 is 1.93 bits per heavy atom. The first-order valence-electron chi connectivity index (χ1n) is 9.19. The monoisotopic (exact) mass is 417 g/mol. The van der Waals surface area contributed by atoms with Gasteiger partial charge in [0.05, 0.1) is 26.3 Å². The lowest BCUT2D eigenvalue weighted by molar-refractivity contribution is -0.158. The summed E-state index contributed by atoms with van der Waals surface area (Å²) in [5, 5.41) is 5.87. The Morgan fingerprint density at radius 1 is 1.18 bits per heavy atom. The number of thiazole rings is 2. The van der Waals surface area contributed by atoms with Crippen molar-refractivity contribution in [2.24, 2.45) is 5.41 Å². The van der Waals surface area contributed by atoms with Gasteiger partial charge in [0.1, 0.15) is 6.61 Å². The van der Waals surface area contributed by atoms with Crippen molar-refractivity contribution in [1.29, 1.82) is 0 Å². The Bertz CT molecular complexity index is 943. The van der Waals surface area contributed by atoms with Gasteiger partial charge in [-0.2, -0.15) is 0 Å². The second-order valence-corrected chi connectivity index (χ2v) is 8.61. The first-order chi connectivity index (χ1) is 13.5. The summed E-state index contributed by atoms with van der Waals surface area (Å²) < 4.78 is 6.73. The molecule has 0 fully saturated rings. The molecular formula is C20H23N3O3S2. The van der Waals surface area contributed by atoms with E-state index in [0.29, 0.717) is 30.1 Å². The minimum Gasteiger partial charge on any atom is -0.459 e. The first kappa shape index (κ1) is 20.4. The van der Waals surface area contributed by atoms with Gasteiger partial charge in [-0.1, -0.05) is 26.0 Å². The number of carbonyl (C=O) groups excluding carboxylic acids is 2. The fourth-order valence-electron chi connectivity index (χ4n) is 3.02. The lowest BCUT2D eigenvalue weighted by atomic mass is 9.79. The van der Waals surface area contributed by atoms with Crippen LogP contribution in [0.5, 0.6) is 0 Å². The molecule has 3 rings (SSSR count). The number of rotatable bonds is 8. The van der Waals surface area contributed by atoms with Gasteiger partial charge in [0.2, 0.25) is 5.91 Å². The number of hydrogen-bond donors (Lipinski definition) is 1. The number of nitrogens with one attached hydrogen (secondary N) is 1. The van der Waals surface area contributed by atoms with Gasteiger partial charge in [-0.25, -0.2) is 9.97 Å². The molecule has 1 aromatic carbocycles. The van der Waals surface area contributed by atoms with Crippen LogP contribution in [-0.2, 0) is 27.4 Å². The number of ether oxygens (including phenoxy) is 1. The molecule has 0 saturated heterocycles. The van der Waals surface area contributed by atoms with Gasteiger partial charge in [-0.05, 0) is 25.0 Å². The second kappa shape index (κ2) is 8.79. The highest BCUT2D eigenvalue weighted by molar-refractivity contribution is 7.18. The summed E-state index contributed by atoms with van der Waals surface area (Å²) in [5.74, 6) is -0.407. The van der Waals surface area contributed by atoms with Crippen LogP contribution in [-0.4, -0.2) is 21.8 Å². The van der Waals surface area contributed by atoms with Crippen molar-refractivity contribution in [3.8, 4) is 0 Å². The number of hydrogen-bond acceptors (Lipinski definition) is 7.